The van der Waals surface area contributed by atoms with Crippen molar-refractivity contribution >= 4 is 5.78 Å². The van der Waals surface area contributed by atoms with Gasteiger partial charge in [0.25, 0.3) is 0 Å². The van der Waals surface area contributed by atoms with Crippen LogP contribution in [0.1, 0.15) is 26.7 Å². The molecule has 0 aromatic carbocycles. The van der Waals surface area contributed by atoms with E-state index in [0.717, 1.165) is 0 Å². The lowest BCUT2D eigenvalue weighted by Gasteiger charge is -2.22. The van der Waals surface area contributed by atoms with E-state index < -0.39 is 0 Å². The van der Waals surface area contributed by atoms with Gasteiger partial charge in [0.1, 0.15) is 5.78 Å². The summed E-state index contributed by atoms with van der Waals surface area (Å²) >= 11 is 0. The molecule has 0 spiro atoms. The SMILES string of the molecule is C[C@@H]1[C@H](C)[C@H]2CC[C@@H]1C2=O. The number of carbonyl (C=O) groups is 1. The zero-order valence-electron chi connectivity index (χ0n) is 6.63. The van der Waals surface area contributed by atoms with Crippen LogP contribution in [0.4, 0.5) is 0 Å². The number of fused-ring (bicyclic) bond motifs is 2. The summed E-state index contributed by atoms with van der Waals surface area (Å²) in [6.45, 7) is 4.46. The molecule has 2 rings (SSSR count). The van der Waals surface area contributed by atoms with E-state index >= 15 is 0 Å². The van der Waals surface area contributed by atoms with Crippen molar-refractivity contribution in [3.63, 3.8) is 0 Å². The summed E-state index contributed by atoms with van der Waals surface area (Å²) in [6, 6.07) is 0. The Morgan fingerprint density at radius 3 is 1.70 bits per heavy atom. The van der Waals surface area contributed by atoms with Crippen molar-refractivity contribution in [3.8, 4) is 0 Å². The first kappa shape index (κ1) is 6.38. The van der Waals surface area contributed by atoms with Crippen LogP contribution in [0, 0.1) is 23.7 Å². The van der Waals surface area contributed by atoms with Gasteiger partial charge in [0.05, 0.1) is 0 Å². The summed E-state index contributed by atoms with van der Waals surface area (Å²) < 4.78 is 0. The van der Waals surface area contributed by atoms with E-state index in [2.05, 4.69) is 13.8 Å². The van der Waals surface area contributed by atoms with Crippen LogP contribution in [0.5, 0.6) is 0 Å². The van der Waals surface area contributed by atoms with Gasteiger partial charge in [-0.1, -0.05) is 13.8 Å². The molecule has 0 amide bonds. The Labute approximate surface area is 61.8 Å². The number of Topliss-reactive ketones (excluding diaryl/α,β-unsaturated/α-hetero) is 1. The van der Waals surface area contributed by atoms with Gasteiger partial charge in [0, 0.05) is 11.8 Å². The summed E-state index contributed by atoms with van der Waals surface area (Å²) in [5, 5.41) is 0. The van der Waals surface area contributed by atoms with Crippen LogP contribution in [-0.4, -0.2) is 5.78 Å². The van der Waals surface area contributed by atoms with E-state index in [1.807, 2.05) is 0 Å². The molecule has 0 heterocycles. The molecule has 0 saturated heterocycles. The maximum atomic E-state index is 11.4. The Morgan fingerprint density at radius 1 is 1.10 bits per heavy atom. The zero-order chi connectivity index (χ0) is 7.30. The highest BCUT2D eigenvalue weighted by Gasteiger charge is 2.49. The summed E-state index contributed by atoms with van der Waals surface area (Å²) in [7, 11) is 0. The molecule has 2 aliphatic carbocycles. The molecule has 0 unspecified atom stereocenters. The van der Waals surface area contributed by atoms with Crippen molar-refractivity contribution in [2.75, 3.05) is 0 Å². The van der Waals surface area contributed by atoms with Gasteiger partial charge in [-0.2, -0.15) is 0 Å². The van der Waals surface area contributed by atoms with Gasteiger partial charge < -0.3 is 0 Å². The predicted molar refractivity (Wildman–Crippen MR) is 39.5 cm³/mol. The van der Waals surface area contributed by atoms with Crippen molar-refractivity contribution < 1.29 is 4.79 Å². The summed E-state index contributed by atoms with van der Waals surface area (Å²) in [5.41, 5.74) is 0. The van der Waals surface area contributed by atoms with Crippen molar-refractivity contribution in [1.82, 2.24) is 0 Å². The summed E-state index contributed by atoms with van der Waals surface area (Å²) in [5.74, 6) is 2.80. The number of hydrogen-bond acceptors (Lipinski definition) is 1. The number of rotatable bonds is 0. The largest absolute Gasteiger partial charge is 0.299 e. The fourth-order valence-corrected chi connectivity index (χ4v) is 2.70. The summed E-state index contributed by atoms with van der Waals surface area (Å²) in [6.07, 6.45) is 2.35. The van der Waals surface area contributed by atoms with E-state index in [1.165, 1.54) is 12.8 Å². The fraction of sp³-hybridized carbons (Fsp3) is 0.889. The molecule has 2 saturated carbocycles. The van der Waals surface area contributed by atoms with Gasteiger partial charge >= 0.3 is 0 Å². The van der Waals surface area contributed by atoms with E-state index in [9.17, 15) is 4.79 Å². The molecule has 56 valence electrons. The van der Waals surface area contributed by atoms with Crippen LogP contribution in [-0.2, 0) is 4.79 Å². The molecule has 0 aliphatic heterocycles. The standard InChI is InChI=1S/C9H14O/c1-5-6(2)8-4-3-7(5)9(8)10/h5-8H,3-4H2,1-2H3/t5-,6+,7+,8-. The topological polar surface area (TPSA) is 17.1 Å². The third-order valence-electron chi connectivity index (χ3n) is 3.62. The molecule has 2 bridgehead atoms. The lowest BCUT2D eigenvalue weighted by atomic mass is 9.82. The second-order valence-corrected chi connectivity index (χ2v) is 3.91. The van der Waals surface area contributed by atoms with Crippen molar-refractivity contribution in [2.45, 2.75) is 26.7 Å². The van der Waals surface area contributed by atoms with E-state index in [4.69, 9.17) is 0 Å². The van der Waals surface area contributed by atoms with Crippen LogP contribution in [0.2, 0.25) is 0 Å². The average molecular weight is 138 g/mol. The molecule has 0 radical (unpaired) electrons. The van der Waals surface area contributed by atoms with Crippen LogP contribution in [0.25, 0.3) is 0 Å². The number of hydrogen-bond donors (Lipinski definition) is 0. The van der Waals surface area contributed by atoms with Gasteiger partial charge in [0.2, 0.25) is 0 Å². The van der Waals surface area contributed by atoms with Crippen LogP contribution < -0.4 is 0 Å². The second kappa shape index (κ2) is 1.84. The highest BCUT2D eigenvalue weighted by atomic mass is 16.1. The first-order valence-electron chi connectivity index (χ1n) is 4.25. The highest BCUT2D eigenvalue weighted by Crippen LogP contribution is 2.48. The van der Waals surface area contributed by atoms with Crippen molar-refractivity contribution in [1.29, 1.82) is 0 Å². The predicted octanol–water partition coefficient (Wildman–Crippen LogP) is 1.87. The lowest BCUT2D eigenvalue weighted by molar-refractivity contribution is -0.121. The van der Waals surface area contributed by atoms with E-state index in [0.29, 0.717) is 29.5 Å². The van der Waals surface area contributed by atoms with Crippen molar-refractivity contribution in [3.05, 3.63) is 0 Å². The monoisotopic (exact) mass is 138 g/mol. The molecular weight excluding hydrogens is 124 g/mol. The highest BCUT2D eigenvalue weighted by molar-refractivity contribution is 5.88. The molecule has 0 aromatic heterocycles. The van der Waals surface area contributed by atoms with Crippen LogP contribution in [0.3, 0.4) is 0 Å². The lowest BCUT2D eigenvalue weighted by Crippen LogP contribution is -2.15. The van der Waals surface area contributed by atoms with Gasteiger partial charge in [-0.05, 0) is 24.7 Å². The van der Waals surface area contributed by atoms with Crippen LogP contribution in [0.15, 0.2) is 0 Å². The third kappa shape index (κ3) is 0.561. The Kier molecular flexibility index (Phi) is 1.17. The molecule has 0 N–H and O–H groups in total. The Morgan fingerprint density at radius 2 is 1.50 bits per heavy atom. The first-order chi connectivity index (χ1) is 4.72. The molecule has 2 fully saturated rings. The first-order valence-corrected chi connectivity index (χ1v) is 4.25. The fourth-order valence-electron chi connectivity index (χ4n) is 2.70. The van der Waals surface area contributed by atoms with Gasteiger partial charge in [0.15, 0.2) is 0 Å². The Hall–Kier alpha value is -0.330. The maximum absolute atomic E-state index is 11.4. The molecular formula is C9H14O. The summed E-state index contributed by atoms with van der Waals surface area (Å²) in [4.78, 5) is 11.4. The van der Waals surface area contributed by atoms with E-state index in [-0.39, 0.29) is 0 Å². The molecule has 4 atom stereocenters. The number of ketones is 1. The van der Waals surface area contributed by atoms with Gasteiger partial charge in [-0.25, -0.2) is 0 Å². The molecule has 2 aliphatic rings. The van der Waals surface area contributed by atoms with Gasteiger partial charge in [-0.15, -0.1) is 0 Å². The maximum Gasteiger partial charge on any atom is 0.139 e. The van der Waals surface area contributed by atoms with E-state index in [1.54, 1.807) is 0 Å². The molecule has 1 heteroatoms. The zero-order valence-corrected chi connectivity index (χ0v) is 6.63. The normalized spacial score (nSPS) is 52.4. The molecule has 0 aromatic rings. The van der Waals surface area contributed by atoms with Crippen LogP contribution >= 0.6 is 0 Å². The Balaban J connectivity index is 2.29. The van der Waals surface area contributed by atoms with Gasteiger partial charge in [-0.3, -0.25) is 4.79 Å². The number of carbonyl (C=O) groups excluding carboxylic acids is 1. The second-order valence-electron chi connectivity index (χ2n) is 3.91. The quantitative estimate of drug-likeness (QED) is 0.499. The minimum Gasteiger partial charge on any atom is -0.299 e. The average Bonchev–Trinajstić information content (AvgIpc) is 2.34. The minimum absolute atomic E-state index is 0.444. The molecule has 10 heavy (non-hydrogen) atoms. The Bertz CT molecular complexity index is 156. The third-order valence-corrected chi connectivity index (χ3v) is 3.62. The van der Waals surface area contributed by atoms with Crippen molar-refractivity contribution in [2.24, 2.45) is 23.7 Å². The molecule has 1 nitrogen and oxygen atoms in total. The minimum atomic E-state index is 0.444. The smallest absolute Gasteiger partial charge is 0.139 e.